The van der Waals surface area contributed by atoms with E-state index in [2.05, 4.69) is 93.5 Å². The van der Waals surface area contributed by atoms with Gasteiger partial charge in [0.1, 0.15) is 18.1 Å². The van der Waals surface area contributed by atoms with Crippen LogP contribution in [-0.4, -0.2) is 4.57 Å². The lowest BCUT2D eigenvalue weighted by Gasteiger charge is -2.37. The third kappa shape index (κ3) is 3.76. The molecule has 1 heterocycles. The Bertz CT molecular complexity index is 1170. The van der Waals surface area contributed by atoms with Crippen molar-refractivity contribution in [2.45, 2.75) is 91.4 Å². The van der Waals surface area contributed by atoms with Gasteiger partial charge in [-0.15, -0.1) is 0 Å². The van der Waals surface area contributed by atoms with Gasteiger partial charge in [-0.2, -0.15) is 4.57 Å². The minimum absolute atomic E-state index is 0.488. The molecule has 0 atom stereocenters. The molecule has 174 valence electrons. The van der Waals surface area contributed by atoms with Gasteiger partial charge in [0.25, 0.3) is 5.82 Å². The maximum atomic E-state index is 2.61. The molecule has 0 bridgehead atoms. The Morgan fingerprint density at radius 3 is 2.36 bits per heavy atom. The molecular weight excluding hydrogens is 400 g/mol. The molecule has 0 unspecified atom stereocenters. The summed E-state index contributed by atoms with van der Waals surface area (Å²) in [7, 11) is 2.19. The molecule has 2 aliphatic carbocycles. The molecule has 1 saturated carbocycles. The molecule has 2 nitrogen and oxygen atoms in total. The van der Waals surface area contributed by atoms with Crippen molar-refractivity contribution in [3.05, 3.63) is 70.5 Å². The fraction of sp³-hybridized carbons (Fsp3) is 0.516. The molecule has 0 saturated heterocycles. The van der Waals surface area contributed by atoms with Crippen molar-refractivity contribution in [1.29, 1.82) is 0 Å². The average molecular weight is 442 g/mol. The quantitative estimate of drug-likeness (QED) is 0.369. The Kier molecular flexibility index (Phi) is 5.75. The molecule has 1 aromatic heterocycles. The summed E-state index contributed by atoms with van der Waals surface area (Å²) < 4.78 is 4.80. The highest BCUT2D eigenvalue weighted by atomic mass is 15.1. The number of nitrogens with zero attached hydrogens (tertiary/aromatic N) is 2. The predicted molar refractivity (Wildman–Crippen MR) is 138 cm³/mol. The van der Waals surface area contributed by atoms with E-state index >= 15 is 0 Å². The van der Waals surface area contributed by atoms with Crippen LogP contribution in [-0.2, 0) is 19.9 Å². The number of aromatic nitrogens is 2. The van der Waals surface area contributed by atoms with E-state index in [0.29, 0.717) is 17.3 Å². The van der Waals surface area contributed by atoms with E-state index in [4.69, 9.17) is 0 Å². The monoisotopic (exact) mass is 441 g/mol. The minimum Gasteiger partial charge on any atom is -0.232 e. The third-order valence-corrected chi connectivity index (χ3v) is 8.53. The first-order valence-electron chi connectivity index (χ1n) is 13.1. The largest absolute Gasteiger partial charge is 0.294 e. The molecule has 0 aliphatic heterocycles. The zero-order valence-electron chi connectivity index (χ0n) is 21.5. The van der Waals surface area contributed by atoms with Gasteiger partial charge in [0.15, 0.2) is 0 Å². The normalized spacial score (nSPS) is 17.3. The van der Waals surface area contributed by atoms with E-state index in [0.717, 1.165) is 0 Å². The number of rotatable bonds is 4. The van der Waals surface area contributed by atoms with Crippen LogP contribution in [0.4, 0.5) is 0 Å². The second-order valence-corrected chi connectivity index (χ2v) is 11.5. The van der Waals surface area contributed by atoms with Crippen LogP contribution in [0, 0.1) is 12.3 Å². The van der Waals surface area contributed by atoms with Crippen LogP contribution in [0.25, 0.3) is 17.1 Å². The number of hydrogen-bond donors (Lipinski definition) is 0. The fourth-order valence-corrected chi connectivity index (χ4v) is 6.83. The second kappa shape index (κ2) is 8.46. The van der Waals surface area contributed by atoms with E-state index in [1.54, 1.807) is 16.7 Å². The number of imidazole rings is 1. The van der Waals surface area contributed by atoms with Crippen LogP contribution in [0.1, 0.15) is 99.5 Å². The molecule has 2 aromatic carbocycles. The Morgan fingerprint density at radius 1 is 0.970 bits per heavy atom. The van der Waals surface area contributed by atoms with Crippen molar-refractivity contribution < 1.29 is 4.57 Å². The Hall–Kier alpha value is -2.35. The summed E-state index contributed by atoms with van der Waals surface area (Å²) in [4.78, 5) is 0. The van der Waals surface area contributed by atoms with Crippen LogP contribution in [0.2, 0.25) is 0 Å². The van der Waals surface area contributed by atoms with Crippen molar-refractivity contribution >= 4 is 0 Å². The zero-order valence-corrected chi connectivity index (χ0v) is 21.5. The van der Waals surface area contributed by atoms with Gasteiger partial charge in [-0.05, 0) is 79.0 Å². The topological polar surface area (TPSA) is 8.81 Å². The Morgan fingerprint density at radius 2 is 1.70 bits per heavy atom. The van der Waals surface area contributed by atoms with Gasteiger partial charge in [0.2, 0.25) is 0 Å². The summed E-state index contributed by atoms with van der Waals surface area (Å²) >= 11 is 0. The smallest absolute Gasteiger partial charge is 0.232 e. The average Bonchev–Trinajstić information content (AvgIpc) is 3.39. The molecule has 0 N–H and O–H groups in total. The molecule has 3 aromatic rings. The first-order valence-corrected chi connectivity index (χ1v) is 13.1. The van der Waals surface area contributed by atoms with E-state index in [9.17, 15) is 0 Å². The number of hydrogen-bond acceptors (Lipinski definition) is 0. The van der Waals surface area contributed by atoms with Gasteiger partial charge in [-0.1, -0.05) is 64.8 Å². The van der Waals surface area contributed by atoms with Gasteiger partial charge in [0.05, 0.1) is 12.6 Å². The Balaban J connectivity index is 1.77. The summed E-state index contributed by atoms with van der Waals surface area (Å²) in [6, 6.07) is 11.4. The van der Waals surface area contributed by atoms with Crippen LogP contribution in [0.15, 0.2) is 42.7 Å². The van der Waals surface area contributed by atoms with Crippen molar-refractivity contribution in [3.8, 4) is 17.1 Å². The van der Waals surface area contributed by atoms with Crippen LogP contribution >= 0.6 is 0 Å². The Labute approximate surface area is 200 Å². The van der Waals surface area contributed by atoms with Gasteiger partial charge < -0.3 is 0 Å². The van der Waals surface area contributed by atoms with Gasteiger partial charge in [-0.25, -0.2) is 4.57 Å². The molecule has 5 rings (SSSR count). The molecule has 2 aliphatic rings. The van der Waals surface area contributed by atoms with Crippen LogP contribution < -0.4 is 4.57 Å². The highest BCUT2D eigenvalue weighted by Gasteiger charge is 2.39. The molecule has 1 spiro atoms. The number of aryl methyl sites for hydroxylation is 2. The van der Waals surface area contributed by atoms with Crippen molar-refractivity contribution in [1.82, 2.24) is 4.57 Å². The molecule has 33 heavy (non-hydrogen) atoms. The van der Waals surface area contributed by atoms with Crippen LogP contribution in [0.5, 0.6) is 0 Å². The summed E-state index contributed by atoms with van der Waals surface area (Å²) in [6.07, 6.45) is 14.2. The predicted octanol–water partition coefficient (Wildman–Crippen LogP) is 7.57. The third-order valence-electron chi connectivity index (χ3n) is 8.53. The zero-order chi connectivity index (χ0) is 23.3. The lowest BCUT2D eigenvalue weighted by Crippen LogP contribution is -2.30. The first kappa shape index (κ1) is 22.4. The molecular formula is C31H41N2+. The van der Waals surface area contributed by atoms with Crippen molar-refractivity contribution in [2.24, 2.45) is 12.5 Å². The summed E-state index contributed by atoms with van der Waals surface area (Å²) in [5.41, 5.74) is 11.1. The van der Waals surface area contributed by atoms with Gasteiger partial charge in [-0.3, -0.25) is 0 Å². The standard InChI is InChI=1S/C31H41N2/c1-21(2)27-19-24-20-31(14-9-10-15-31)16-13-26(24)28(22(3)4)29(27)33-18-17-32(6)30(33)25-12-8-7-11-23(25)5/h7-8,11-12,17-19,21-22H,9-10,13-16,20H2,1-6H3/q+1. The van der Waals surface area contributed by atoms with E-state index < -0.39 is 0 Å². The maximum Gasteiger partial charge on any atom is 0.294 e. The summed E-state index contributed by atoms with van der Waals surface area (Å²) in [5, 5.41) is 0. The molecule has 0 radical (unpaired) electrons. The van der Waals surface area contributed by atoms with E-state index in [1.165, 1.54) is 73.1 Å². The molecule has 2 heteroatoms. The molecule has 0 amide bonds. The van der Waals surface area contributed by atoms with Gasteiger partial charge in [0, 0.05) is 11.1 Å². The summed E-state index contributed by atoms with van der Waals surface area (Å²) in [5.74, 6) is 2.27. The lowest BCUT2D eigenvalue weighted by atomic mass is 9.68. The SMILES string of the molecule is Cc1ccccc1-c1n(-c2c(C(C)C)cc3c(c2C(C)C)CCC2(CCCC2)C3)cc[n+]1C. The van der Waals surface area contributed by atoms with Crippen molar-refractivity contribution in [3.63, 3.8) is 0 Å². The second-order valence-electron chi connectivity index (χ2n) is 11.5. The highest BCUT2D eigenvalue weighted by Crippen LogP contribution is 2.50. The minimum atomic E-state index is 0.488. The lowest BCUT2D eigenvalue weighted by molar-refractivity contribution is -0.659. The van der Waals surface area contributed by atoms with Gasteiger partial charge >= 0.3 is 0 Å². The number of fused-ring (bicyclic) bond motifs is 1. The number of benzene rings is 2. The van der Waals surface area contributed by atoms with Crippen molar-refractivity contribution in [2.75, 3.05) is 0 Å². The maximum absolute atomic E-state index is 2.61. The van der Waals surface area contributed by atoms with Crippen LogP contribution in [0.3, 0.4) is 0 Å². The van der Waals surface area contributed by atoms with E-state index in [-0.39, 0.29) is 0 Å². The first-order chi connectivity index (χ1) is 15.8. The summed E-state index contributed by atoms with van der Waals surface area (Å²) in [6.45, 7) is 11.8. The van der Waals surface area contributed by atoms with E-state index in [1.807, 2.05) is 0 Å². The highest BCUT2D eigenvalue weighted by molar-refractivity contribution is 5.65. The molecule has 1 fully saturated rings. The fourth-order valence-electron chi connectivity index (χ4n) is 6.83.